The van der Waals surface area contributed by atoms with Crippen molar-refractivity contribution >= 4 is 17.6 Å². The Morgan fingerprint density at radius 3 is 2.19 bits per heavy atom. The van der Waals surface area contributed by atoms with Crippen LogP contribution in [0.3, 0.4) is 0 Å². The topological polar surface area (TPSA) is 35.5 Å². The Morgan fingerprint density at radius 2 is 1.72 bits per heavy atom. The molecule has 1 fully saturated rings. The molecule has 1 aliphatic carbocycles. The molecule has 0 radical (unpaired) electrons. The summed E-state index contributed by atoms with van der Waals surface area (Å²) < 4.78 is 87.7. The Balaban J connectivity index is 2.11. The van der Waals surface area contributed by atoms with Crippen molar-refractivity contribution in [2.75, 3.05) is 6.61 Å². The zero-order valence-corrected chi connectivity index (χ0v) is 17.6. The van der Waals surface area contributed by atoms with Gasteiger partial charge in [-0.25, -0.2) is 0 Å². The number of halogens is 7. The first-order chi connectivity index (χ1) is 14.9. The normalized spacial score (nSPS) is 14.8. The van der Waals surface area contributed by atoms with E-state index in [4.69, 9.17) is 21.1 Å². The number of benzene rings is 2. The molecule has 0 aliphatic heterocycles. The summed E-state index contributed by atoms with van der Waals surface area (Å²) in [6, 6.07) is 5.06. The molecule has 2 aromatic carbocycles. The van der Waals surface area contributed by atoms with Crippen LogP contribution in [0.15, 0.2) is 30.3 Å². The van der Waals surface area contributed by atoms with Crippen molar-refractivity contribution in [1.82, 2.24) is 0 Å². The smallest absolute Gasteiger partial charge is 0.422 e. The van der Waals surface area contributed by atoms with Crippen molar-refractivity contribution in [2.24, 2.45) is 5.92 Å². The Labute approximate surface area is 185 Å². The van der Waals surface area contributed by atoms with Crippen molar-refractivity contribution in [3.8, 4) is 22.6 Å². The summed E-state index contributed by atoms with van der Waals surface area (Å²) in [6.07, 6.45) is -6.81. The molecule has 1 saturated carbocycles. The van der Waals surface area contributed by atoms with Crippen molar-refractivity contribution in [1.29, 1.82) is 0 Å². The van der Waals surface area contributed by atoms with E-state index in [-0.39, 0.29) is 40.0 Å². The summed E-state index contributed by atoms with van der Waals surface area (Å²) in [4.78, 5) is 12.3. The summed E-state index contributed by atoms with van der Waals surface area (Å²) in [7, 11) is 0. The number of rotatable bonds is 6. The molecule has 1 aliphatic rings. The zero-order chi connectivity index (χ0) is 23.7. The van der Waals surface area contributed by atoms with Gasteiger partial charge in [0.1, 0.15) is 11.5 Å². The van der Waals surface area contributed by atoms with Crippen LogP contribution in [0.5, 0.6) is 11.5 Å². The van der Waals surface area contributed by atoms with Crippen LogP contribution >= 0.6 is 11.6 Å². The molecule has 0 saturated heterocycles. The summed E-state index contributed by atoms with van der Waals surface area (Å²) >= 11 is 6.19. The molecule has 0 atom stereocenters. The minimum absolute atomic E-state index is 0.0451. The van der Waals surface area contributed by atoms with Crippen molar-refractivity contribution < 1.29 is 40.6 Å². The van der Waals surface area contributed by atoms with Gasteiger partial charge in [0.25, 0.3) is 0 Å². The van der Waals surface area contributed by atoms with E-state index in [9.17, 15) is 31.1 Å². The number of carbonyl (C=O) groups excluding carboxylic acids is 1. The Kier molecular flexibility index (Phi) is 6.97. The molecule has 0 N–H and O–H groups in total. The quantitative estimate of drug-likeness (QED) is 0.248. The average Bonchev–Trinajstić information content (AvgIpc) is 2.64. The summed E-state index contributed by atoms with van der Waals surface area (Å²) in [5.74, 6) is -1.05. The number of esters is 1. The van der Waals surface area contributed by atoms with Crippen LogP contribution in [-0.4, -0.2) is 18.8 Å². The van der Waals surface area contributed by atoms with Gasteiger partial charge in [-0.3, -0.25) is 4.79 Å². The first kappa shape index (κ1) is 24.2. The maximum atomic E-state index is 13.0. The van der Waals surface area contributed by atoms with Crippen LogP contribution in [0.2, 0.25) is 5.02 Å². The fraction of sp³-hybridized carbons (Fsp3) is 0.409. The van der Waals surface area contributed by atoms with Crippen LogP contribution < -0.4 is 9.47 Å². The lowest BCUT2D eigenvalue weighted by Gasteiger charge is -2.25. The van der Waals surface area contributed by atoms with Crippen molar-refractivity contribution in [3.63, 3.8) is 0 Å². The zero-order valence-electron chi connectivity index (χ0n) is 16.9. The van der Waals surface area contributed by atoms with Gasteiger partial charge in [0.15, 0.2) is 6.61 Å². The van der Waals surface area contributed by atoms with Gasteiger partial charge in [0.05, 0.1) is 16.5 Å². The van der Waals surface area contributed by atoms with Gasteiger partial charge in [-0.2, -0.15) is 26.3 Å². The largest absolute Gasteiger partial charge is 0.482 e. The second-order valence-electron chi connectivity index (χ2n) is 7.42. The molecule has 0 bridgehead atoms. The molecular formula is C22H19ClF6O3. The minimum Gasteiger partial charge on any atom is -0.482 e. The lowest BCUT2D eigenvalue weighted by molar-refractivity contribution is -0.153. The number of ether oxygens (including phenoxy) is 2. The van der Waals surface area contributed by atoms with Gasteiger partial charge in [-0.15, -0.1) is 0 Å². The van der Waals surface area contributed by atoms with Crippen LogP contribution in [0.4, 0.5) is 26.3 Å². The highest BCUT2D eigenvalue weighted by Gasteiger charge is 2.33. The molecule has 0 spiro atoms. The fourth-order valence-corrected chi connectivity index (χ4v) is 3.60. The third-order valence-corrected chi connectivity index (χ3v) is 5.47. The summed E-state index contributed by atoms with van der Waals surface area (Å²) in [6.45, 7) is 0.0236. The highest BCUT2D eigenvalue weighted by atomic mass is 35.5. The van der Waals surface area contributed by atoms with Gasteiger partial charge in [0.2, 0.25) is 0 Å². The predicted molar refractivity (Wildman–Crippen MR) is 106 cm³/mol. The second-order valence-corrected chi connectivity index (χ2v) is 7.83. The SMILES string of the molecule is CCc1c(OC(=O)C2CCC2)cc(Cl)c(OCC(F)(F)F)c1-c1ccc(C(F)(F)F)cc1. The molecule has 0 unspecified atom stereocenters. The average molecular weight is 481 g/mol. The van der Waals surface area contributed by atoms with E-state index in [0.29, 0.717) is 18.4 Å². The molecule has 32 heavy (non-hydrogen) atoms. The molecule has 0 aromatic heterocycles. The highest BCUT2D eigenvalue weighted by Crippen LogP contribution is 2.46. The summed E-state index contributed by atoms with van der Waals surface area (Å²) in [5.41, 5.74) is -0.417. The lowest BCUT2D eigenvalue weighted by atomic mass is 9.85. The van der Waals surface area contributed by atoms with E-state index in [1.807, 2.05) is 0 Å². The summed E-state index contributed by atoms with van der Waals surface area (Å²) in [5, 5.41) is -0.252. The molecule has 2 aromatic rings. The molecule has 174 valence electrons. The van der Waals surface area contributed by atoms with E-state index in [1.165, 1.54) is 6.07 Å². The first-order valence-corrected chi connectivity index (χ1v) is 10.2. The third kappa shape index (κ3) is 5.49. The second kappa shape index (κ2) is 9.21. The van der Waals surface area contributed by atoms with Crippen molar-refractivity contribution in [3.05, 3.63) is 46.5 Å². The maximum absolute atomic E-state index is 13.0. The Hall–Kier alpha value is -2.42. The van der Waals surface area contributed by atoms with E-state index < -0.39 is 30.5 Å². The Morgan fingerprint density at radius 1 is 1.09 bits per heavy atom. The molecule has 3 rings (SSSR count). The number of hydrogen-bond acceptors (Lipinski definition) is 3. The third-order valence-electron chi connectivity index (χ3n) is 5.18. The molecular weight excluding hydrogens is 462 g/mol. The number of hydrogen-bond donors (Lipinski definition) is 0. The van der Waals surface area contributed by atoms with Gasteiger partial charge in [0, 0.05) is 17.2 Å². The van der Waals surface area contributed by atoms with Crippen molar-refractivity contribution in [2.45, 2.75) is 45.0 Å². The monoisotopic (exact) mass is 480 g/mol. The van der Waals surface area contributed by atoms with Crippen LogP contribution in [0.25, 0.3) is 11.1 Å². The van der Waals surface area contributed by atoms with E-state index >= 15 is 0 Å². The van der Waals surface area contributed by atoms with Gasteiger partial charge in [-0.1, -0.05) is 37.1 Å². The van der Waals surface area contributed by atoms with Crippen LogP contribution in [0, 0.1) is 5.92 Å². The van der Waals surface area contributed by atoms with Crippen LogP contribution in [-0.2, 0) is 17.4 Å². The van der Waals surface area contributed by atoms with E-state index in [2.05, 4.69) is 0 Å². The molecule has 3 nitrogen and oxygen atoms in total. The first-order valence-electron chi connectivity index (χ1n) is 9.85. The fourth-order valence-electron chi connectivity index (χ4n) is 3.35. The molecule has 10 heteroatoms. The highest BCUT2D eigenvalue weighted by molar-refractivity contribution is 6.33. The number of carbonyl (C=O) groups is 1. The molecule has 0 amide bonds. The van der Waals surface area contributed by atoms with E-state index in [1.54, 1.807) is 6.92 Å². The van der Waals surface area contributed by atoms with E-state index in [0.717, 1.165) is 30.7 Å². The van der Waals surface area contributed by atoms with Gasteiger partial charge in [-0.05, 0) is 37.0 Å². The lowest BCUT2D eigenvalue weighted by Crippen LogP contribution is -2.26. The van der Waals surface area contributed by atoms with Gasteiger partial charge >= 0.3 is 18.3 Å². The molecule has 0 heterocycles. The maximum Gasteiger partial charge on any atom is 0.422 e. The predicted octanol–water partition coefficient (Wildman–Crippen LogP) is 7.23. The standard InChI is InChI=1S/C22H19ClF6O3/c1-2-15-17(32-20(30)13-4-3-5-13)10-16(23)19(31-11-21(24,25)26)18(15)12-6-8-14(9-7-12)22(27,28)29/h6-10,13H,2-5,11H2,1H3. The van der Waals surface area contributed by atoms with Crippen LogP contribution in [0.1, 0.15) is 37.3 Å². The Bertz CT molecular complexity index is 979. The minimum atomic E-state index is -4.66. The van der Waals surface area contributed by atoms with Gasteiger partial charge < -0.3 is 9.47 Å². The number of alkyl halides is 6.